The van der Waals surface area contributed by atoms with Crippen LogP contribution in [0.1, 0.15) is 25.7 Å². The van der Waals surface area contributed by atoms with Crippen molar-refractivity contribution in [3.05, 3.63) is 0 Å². The highest BCUT2D eigenvalue weighted by atomic mass is 16.2. The molecule has 1 aliphatic rings. The number of amides is 2. The van der Waals surface area contributed by atoms with Crippen LogP contribution in [0.5, 0.6) is 0 Å². The van der Waals surface area contributed by atoms with Crippen molar-refractivity contribution in [2.75, 3.05) is 26.2 Å². The normalized spacial score (nSPS) is 20.4. The van der Waals surface area contributed by atoms with Crippen molar-refractivity contribution in [2.45, 2.75) is 31.7 Å². The fourth-order valence-corrected chi connectivity index (χ4v) is 2.16. The van der Waals surface area contributed by atoms with Gasteiger partial charge >= 0.3 is 0 Å². The summed E-state index contributed by atoms with van der Waals surface area (Å²) in [5, 5.41) is 3.42. The first-order valence-electron chi connectivity index (χ1n) is 6.10. The number of primary amides is 2. The minimum absolute atomic E-state index is 0.0929. The lowest BCUT2D eigenvalue weighted by molar-refractivity contribution is -0.121. The van der Waals surface area contributed by atoms with E-state index in [2.05, 4.69) is 5.32 Å². The molecule has 1 fully saturated rings. The van der Waals surface area contributed by atoms with Crippen LogP contribution in [-0.4, -0.2) is 48.9 Å². The minimum Gasteiger partial charge on any atom is -0.369 e. The lowest BCUT2D eigenvalue weighted by atomic mass is 10.0. The van der Waals surface area contributed by atoms with Gasteiger partial charge in [-0.1, -0.05) is 6.42 Å². The number of rotatable bonds is 7. The highest BCUT2D eigenvalue weighted by Gasteiger charge is 2.16. The Balaban J connectivity index is 2.31. The Hall–Kier alpha value is -1.14. The van der Waals surface area contributed by atoms with Gasteiger partial charge in [0.2, 0.25) is 11.8 Å². The van der Waals surface area contributed by atoms with Gasteiger partial charge < -0.3 is 16.8 Å². The Morgan fingerprint density at radius 3 is 2.29 bits per heavy atom. The monoisotopic (exact) mass is 242 g/mol. The summed E-state index contributed by atoms with van der Waals surface area (Å²) in [7, 11) is 0. The number of carbonyl (C=O) groups is 2. The molecule has 0 radical (unpaired) electrons. The summed E-state index contributed by atoms with van der Waals surface area (Å²) in [6, 6.07) is 0.479. The Morgan fingerprint density at radius 1 is 1.18 bits per heavy atom. The van der Waals surface area contributed by atoms with E-state index < -0.39 is 11.8 Å². The summed E-state index contributed by atoms with van der Waals surface area (Å²) in [6.45, 7) is 1.91. The molecule has 1 aliphatic heterocycles. The molecule has 6 heteroatoms. The van der Waals surface area contributed by atoms with Crippen molar-refractivity contribution in [1.29, 1.82) is 0 Å². The Kier molecular flexibility index (Phi) is 5.93. The fraction of sp³-hybridized carbons (Fsp3) is 0.818. The van der Waals surface area contributed by atoms with Crippen molar-refractivity contribution >= 4 is 11.8 Å². The molecule has 6 nitrogen and oxygen atoms in total. The molecular weight excluding hydrogens is 220 g/mol. The average Bonchev–Trinajstić information content (AvgIpc) is 2.26. The van der Waals surface area contributed by atoms with Crippen LogP contribution in [-0.2, 0) is 9.59 Å². The van der Waals surface area contributed by atoms with Gasteiger partial charge in [-0.05, 0) is 25.8 Å². The van der Waals surface area contributed by atoms with Crippen LogP contribution in [0.4, 0.5) is 0 Å². The summed E-state index contributed by atoms with van der Waals surface area (Å²) < 4.78 is 0. The third-order valence-corrected chi connectivity index (χ3v) is 2.97. The van der Waals surface area contributed by atoms with E-state index in [0.717, 1.165) is 19.4 Å². The summed E-state index contributed by atoms with van der Waals surface area (Å²) in [5.41, 5.74) is 10.3. The van der Waals surface area contributed by atoms with Crippen molar-refractivity contribution in [3.8, 4) is 0 Å². The van der Waals surface area contributed by atoms with Gasteiger partial charge in [-0.15, -0.1) is 0 Å². The predicted octanol–water partition coefficient (Wildman–Crippen LogP) is -1.21. The van der Waals surface area contributed by atoms with Crippen molar-refractivity contribution in [2.24, 2.45) is 11.5 Å². The Bertz CT molecular complexity index is 248. The quantitative estimate of drug-likeness (QED) is 0.521. The minimum atomic E-state index is -0.428. The van der Waals surface area contributed by atoms with Crippen molar-refractivity contribution < 1.29 is 9.59 Å². The molecule has 98 valence electrons. The molecule has 0 aromatic carbocycles. The van der Waals surface area contributed by atoms with E-state index >= 15 is 0 Å². The maximum absolute atomic E-state index is 10.9. The lowest BCUT2D eigenvalue weighted by Crippen LogP contribution is -2.43. The first-order valence-corrected chi connectivity index (χ1v) is 6.10. The molecule has 0 saturated carbocycles. The molecule has 2 amide bonds. The molecule has 1 saturated heterocycles. The van der Waals surface area contributed by atoms with Gasteiger partial charge in [-0.25, -0.2) is 0 Å². The zero-order valence-electron chi connectivity index (χ0n) is 10.2. The highest BCUT2D eigenvalue weighted by Crippen LogP contribution is 2.10. The predicted molar refractivity (Wildman–Crippen MR) is 65.1 cm³/mol. The molecule has 0 aliphatic carbocycles. The van der Waals surface area contributed by atoms with Crippen LogP contribution in [0.3, 0.4) is 0 Å². The van der Waals surface area contributed by atoms with Crippen LogP contribution < -0.4 is 16.8 Å². The second-order valence-corrected chi connectivity index (χ2v) is 4.58. The maximum atomic E-state index is 10.9. The third-order valence-electron chi connectivity index (χ3n) is 2.97. The van der Waals surface area contributed by atoms with Gasteiger partial charge in [-0.3, -0.25) is 14.5 Å². The number of carbonyl (C=O) groups excluding carboxylic acids is 2. The molecule has 1 heterocycles. The van der Waals surface area contributed by atoms with Crippen LogP contribution in [0.2, 0.25) is 0 Å². The number of nitrogens with zero attached hydrogens (tertiary/aromatic N) is 1. The third kappa shape index (κ3) is 6.23. The van der Waals surface area contributed by atoms with Crippen molar-refractivity contribution in [3.63, 3.8) is 0 Å². The topological polar surface area (TPSA) is 101 Å². The Labute approximate surface area is 102 Å². The van der Waals surface area contributed by atoms with E-state index in [4.69, 9.17) is 11.5 Å². The summed E-state index contributed by atoms with van der Waals surface area (Å²) in [5.74, 6) is -0.856. The van der Waals surface area contributed by atoms with E-state index in [1.807, 2.05) is 0 Å². The van der Waals surface area contributed by atoms with Gasteiger partial charge in [-0.2, -0.15) is 0 Å². The SMILES string of the molecule is NC(=O)CN(CCC1CCCCN1)CC(N)=O. The first-order chi connectivity index (χ1) is 8.08. The molecule has 1 rings (SSSR count). The second-order valence-electron chi connectivity index (χ2n) is 4.58. The average molecular weight is 242 g/mol. The molecule has 1 atom stereocenters. The summed E-state index contributed by atoms with van der Waals surface area (Å²) in [6.07, 6.45) is 4.54. The van der Waals surface area contributed by atoms with Crippen LogP contribution in [0, 0.1) is 0 Å². The second kappa shape index (κ2) is 7.24. The number of hydrogen-bond donors (Lipinski definition) is 3. The fourth-order valence-electron chi connectivity index (χ4n) is 2.16. The molecule has 0 aromatic rings. The van der Waals surface area contributed by atoms with E-state index in [0.29, 0.717) is 12.6 Å². The van der Waals surface area contributed by atoms with E-state index in [9.17, 15) is 9.59 Å². The number of piperidine rings is 1. The van der Waals surface area contributed by atoms with Crippen molar-refractivity contribution in [1.82, 2.24) is 10.2 Å². The molecule has 1 unspecified atom stereocenters. The van der Waals surface area contributed by atoms with Gasteiger partial charge in [0.05, 0.1) is 13.1 Å². The largest absolute Gasteiger partial charge is 0.369 e. The van der Waals surface area contributed by atoms with Gasteiger partial charge in [0.1, 0.15) is 0 Å². The lowest BCUT2D eigenvalue weighted by Gasteiger charge is -2.26. The van der Waals surface area contributed by atoms with Crippen LogP contribution in [0.25, 0.3) is 0 Å². The zero-order chi connectivity index (χ0) is 12.7. The van der Waals surface area contributed by atoms with E-state index in [-0.39, 0.29) is 13.1 Å². The first kappa shape index (κ1) is 13.9. The molecule has 5 N–H and O–H groups in total. The van der Waals surface area contributed by atoms with E-state index in [1.165, 1.54) is 12.8 Å². The van der Waals surface area contributed by atoms with E-state index in [1.54, 1.807) is 4.90 Å². The smallest absolute Gasteiger partial charge is 0.231 e. The highest BCUT2D eigenvalue weighted by molar-refractivity contribution is 5.79. The van der Waals surface area contributed by atoms with Crippen LogP contribution >= 0.6 is 0 Å². The number of hydrogen-bond acceptors (Lipinski definition) is 4. The zero-order valence-corrected chi connectivity index (χ0v) is 10.2. The van der Waals surface area contributed by atoms with Gasteiger partial charge in [0.15, 0.2) is 0 Å². The molecule has 0 bridgehead atoms. The van der Waals surface area contributed by atoms with Gasteiger partial charge in [0, 0.05) is 12.6 Å². The molecule has 0 aromatic heterocycles. The summed E-state index contributed by atoms with van der Waals surface area (Å²) in [4.78, 5) is 23.4. The van der Waals surface area contributed by atoms with Crippen LogP contribution in [0.15, 0.2) is 0 Å². The Morgan fingerprint density at radius 2 is 1.82 bits per heavy atom. The van der Waals surface area contributed by atoms with Gasteiger partial charge in [0.25, 0.3) is 0 Å². The number of nitrogens with one attached hydrogen (secondary N) is 1. The maximum Gasteiger partial charge on any atom is 0.231 e. The standard InChI is InChI=1S/C11H22N4O2/c12-10(16)7-15(8-11(13)17)6-4-9-3-1-2-5-14-9/h9,14H,1-8H2,(H2,12,16)(H2,13,17). The molecular formula is C11H22N4O2. The molecule has 0 spiro atoms. The molecule has 17 heavy (non-hydrogen) atoms. The summed E-state index contributed by atoms with van der Waals surface area (Å²) >= 11 is 0. The number of nitrogens with two attached hydrogens (primary N) is 2.